The number of likely N-dealkylation sites (tertiary alicyclic amines) is 1. The summed E-state index contributed by atoms with van der Waals surface area (Å²) in [5.41, 5.74) is -0.724. The van der Waals surface area contributed by atoms with E-state index in [1.807, 2.05) is 27.7 Å². The zero-order chi connectivity index (χ0) is 27.1. The third-order valence-electron chi connectivity index (χ3n) is 6.94. The molecule has 2 amide bonds. The average Bonchev–Trinajstić information content (AvgIpc) is 3.28. The topological polar surface area (TPSA) is 106 Å². The summed E-state index contributed by atoms with van der Waals surface area (Å²) in [5, 5.41) is 2.64. The predicted octanol–water partition coefficient (Wildman–Crippen LogP) is 2.50. The monoisotopic (exact) mass is 503 g/mol. The molecule has 2 aliphatic rings. The van der Waals surface area contributed by atoms with Crippen LogP contribution in [0.25, 0.3) is 0 Å². The molecule has 0 aliphatic carbocycles. The Hall–Kier alpha value is -2.40. The summed E-state index contributed by atoms with van der Waals surface area (Å²) in [4.78, 5) is 38.3. The van der Waals surface area contributed by atoms with Crippen LogP contribution < -0.4 is 15.7 Å². The maximum Gasteiger partial charge on any atom is 0.498 e. The quantitative estimate of drug-likeness (QED) is 0.591. The van der Waals surface area contributed by atoms with Gasteiger partial charge in [-0.1, -0.05) is 0 Å². The van der Waals surface area contributed by atoms with Crippen molar-refractivity contribution in [2.24, 2.45) is 0 Å². The van der Waals surface area contributed by atoms with Gasteiger partial charge >= 0.3 is 13.2 Å². The summed E-state index contributed by atoms with van der Waals surface area (Å²) in [7, 11) is -0.518. The van der Waals surface area contributed by atoms with Crippen molar-refractivity contribution in [1.29, 1.82) is 0 Å². The first-order chi connectivity index (χ1) is 16.5. The Morgan fingerprint density at radius 2 is 1.69 bits per heavy atom. The number of amides is 2. The van der Waals surface area contributed by atoms with Crippen LogP contribution in [0.3, 0.4) is 0 Å². The third kappa shape index (κ3) is 6.29. The van der Waals surface area contributed by atoms with Gasteiger partial charge in [0.15, 0.2) is 0 Å². The summed E-state index contributed by atoms with van der Waals surface area (Å²) >= 11 is 0. The maximum absolute atomic E-state index is 13.0. The molecule has 2 fully saturated rings. The molecule has 1 unspecified atom stereocenters. The van der Waals surface area contributed by atoms with E-state index >= 15 is 0 Å². The van der Waals surface area contributed by atoms with E-state index in [-0.39, 0.29) is 18.0 Å². The molecule has 200 valence electrons. The molecule has 36 heavy (non-hydrogen) atoms. The van der Waals surface area contributed by atoms with E-state index in [1.54, 1.807) is 45.0 Å². The highest BCUT2D eigenvalue weighted by atomic mass is 16.7. The van der Waals surface area contributed by atoms with Crippen LogP contribution >= 0.6 is 0 Å². The number of alkyl carbamates (subject to hydrolysis) is 1. The Labute approximate surface area is 215 Å². The fourth-order valence-corrected chi connectivity index (χ4v) is 4.37. The van der Waals surface area contributed by atoms with Crippen molar-refractivity contribution in [3.8, 4) is 0 Å². The first kappa shape index (κ1) is 28.2. The Kier molecular flexibility index (Phi) is 7.96. The van der Waals surface area contributed by atoms with E-state index in [4.69, 9.17) is 14.0 Å². The van der Waals surface area contributed by atoms with Crippen molar-refractivity contribution >= 4 is 30.5 Å². The van der Waals surface area contributed by atoms with Crippen molar-refractivity contribution in [1.82, 2.24) is 20.2 Å². The summed E-state index contributed by atoms with van der Waals surface area (Å²) < 4.78 is 17.5. The van der Waals surface area contributed by atoms with Crippen molar-refractivity contribution in [3.63, 3.8) is 0 Å². The lowest BCUT2D eigenvalue weighted by Crippen LogP contribution is -2.49. The standard InChI is InChI=1S/C25H42BN5O5/c1-16(2)31(21-27-13-18(14-28-21)26-35-24(7,8)25(9,10)36-26)19-11-12-30(15-19)20(32)17(3)29-22(33)34-23(4,5)6/h13-14,16-17,19H,11-12,15H2,1-10H3,(H,29,33)/t17?,19-/m0/s1. The summed E-state index contributed by atoms with van der Waals surface area (Å²) in [6.07, 6.45) is 3.69. The maximum atomic E-state index is 13.0. The van der Waals surface area contributed by atoms with Crippen LogP contribution in [0.1, 0.15) is 75.7 Å². The third-order valence-corrected chi connectivity index (χ3v) is 6.94. The molecule has 10 nitrogen and oxygen atoms in total. The molecule has 2 saturated heterocycles. The number of aromatic nitrogens is 2. The number of carbonyl (C=O) groups excluding carboxylic acids is 2. The van der Waals surface area contributed by atoms with E-state index in [1.165, 1.54) is 0 Å². The first-order valence-corrected chi connectivity index (χ1v) is 12.7. The minimum Gasteiger partial charge on any atom is -0.444 e. The second kappa shape index (κ2) is 10.2. The van der Waals surface area contributed by atoms with Gasteiger partial charge in [-0.3, -0.25) is 4.79 Å². The molecular weight excluding hydrogens is 461 g/mol. The fraction of sp³-hybridized carbons (Fsp3) is 0.760. The molecule has 3 heterocycles. The molecule has 1 aromatic rings. The number of hydrogen-bond donors (Lipinski definition) is 1. The van der Waals surface area contributed by atoms with Gasteiger partial charge in [-0.15, -0.1) is 0 Å². The lowest BCUT2D eigenvalue weighted by Gasteiger charge is -2.33. The molecule has 11 heteroatoms. The van der Waals surface area contributed by atoms with Crippen LogP contribution in [0, 0.1) is 0 Å². The van der Waals surface area contributed by atoms with Gasteiger partial charge in [0.1, 0.15) is 11.6 Å². The molecule has 0 bridgehead atoms. The van der Waals surface area contributed by atoms with Crippen LogP contribution in [-0.2, 0) is 18.8 Å². The molecule has 0 saturated carbocycles. The Balaban J connectivity index is 1.65. The van der Waals surface area contributed by atoms with E-state index in [2.05, 4.69) is 34.0 Å². The fourth-order valence-electron chi connectivity index (χ4n) is 4.37. The number of ether oxygens (including phenoxy) is 1. The minimum absolute atomic E-state index is 0.0605. The lowest BCUT2D eigenvalue weighted by atomic mass is 9.81. The van der Waals surface area contributed by atoms with Crippen molar-refractivity contribution in [2.75, 3.05) is 18.0 Å². The van der Waals surface area contributed by atoms with Crippen LogP contribution in [0.5, 0.6) is 0 Å². The molecule has 3 rings (SSSR count). The SMILES string of the molecule is CC(NC(=O)OC(C)(C)C)C(=O)N1CC[C@H](N(c2ncc(B3OC(C)(C)C(C)(C)O3)cn2)C(C)C)C1. The number of hydrogen-bond acceptors (Lipinski definition) is 8. The van der Waals surface area contributed by atoms with Gasteiger partial charge in [0.05, 0.1) is 17.2 Å². The number of rotatable bonds is 6. The molecule has 2 aliphatic heterocycles. The predicted molar refractivity (Wildman–Crippen MR) is 139 cm³/mol. The zero-order valence-electron chi connectivity index (χ0n) is 23.4. The smallest absolute Gasteiger partial charge is 0.444 e. The van der Waals surface area contributed by atoms with Gasteiger partial charge in [-0.2, -0.15) is 0 Å². The highest BCUT2D eigenvalue weighted by Crippen LogP contribution is 2.36. The van der Waals surface area contributed by atoms with Crippen molar-refractivity contribution in [3.05, 3.63) is 12.4 Å². The highest BCUT2D eigenvalue weighted by Gasteiger charge is 2.52. The summed E-state index contributed by atoms with van der Waals surface area (Å²) in [6.45, 7) is 20.4. The molecule has 1 N–H and O–H groups in total. The second-order valence-corrected chi connectivity index (χ2v) is 12.0. The van der Waals surface area contributed by atoms with E-state index in [0.29, 0.717) is 19.0 Å². The molecule has 0 aromatic carbocycles. The molecule has 0 spiro atoms. The number of carbonyl (C=O) groups is 2. The summed E-state index contributed by atoms with van der Waals surface area (Å²) in [5.74, 6) is 0.466. The second-order valence-electron chi connectivity index (χ2n) is 12.0. The van der Waals surface area contributed by atoms with Crippen LogP contribution in [0.2, 0.25) is 0 Å². The highest BCUT2D eigenvalue weighted by molar-refractivity contribution is 6.61. The number of nitrogens with one attached hydrogen (secondary N) is 1. The summed E-state index contributed by atoms with van der Waals surface area (Å²) in [6, 6.07) is -0.489. The van der Waals surface area contributed by atoms with Crippen LogP contribution in [0.4, 0.5) is 10.7 Å². The number of nitrogens with zero attached hydrogens (tertiary/aromatic N) is 4. The van der Waals surface area contributed by atoms with Crippen molar-refractivity contribution < 1.29 is 23.6 Å². The molecular formula is C25H42BN5O5. The van der Waals surface area contributed by atoms with E-state index in [9.17, 15) is 9.59 Å². The van der Waals surface area contributed by atoms with Gasteiger partial charge in [0.2, 0.25) is 11.9 Å². The normalized spacial score (nSPS) is 22.0. The van der Waals surface area contributed by atoms with Gasteiger partial charge in [-0.05, 0) is 75.7 Å². The molecule has 1 aromatic heterocycles. The van der Waals surface area contributed by atoms with Crippen LogP contribution in [-0.4, -0.2) is 82.0 Å². The minimum atomic E-state index is -0.679. The van der Waals surface area contributed by atoms with Crippen molar-refractivity contribution in [2.45, 2.75) is 111 Å². The lowest BCUT2D eigenvalue weighted by molar-refractivity contribution is -0.132. The number of anilines is 1. The van der Waals surface area contributed by atoms with E-state index < -0.39 is 36.1 Å². The van der Waals surface area contributed by atoms with Crippen LogP contribution in [0.15, 0.2) is 12.4 Å². The molecule has 2 atom stereocenters. The van der Waals surface area contributed by atoms with Gasteiger partial charge in [-0.25, -0.2) is 14.8 Å². The Bertz CT molecular complexity index is 931. The average molecular weight is 503 g/mol. The van der Waals surface area contributed by atoms with Gasteiger partial charge < -0.3 is 29.2 Å². The Morgan fingerprint density at radius 1 is 1.14 bits per heavy atom. The van der Waals surface area contributed by atoms with Gasteiger partial charge in [0, 0.05) is 37.0 Å². The van der Waals surface area contributed by atoms with E-state index in [0.717, 1.165) is 11.9 Å². The Morgan fingerprint density at radius 3 is 2.19 bits per heavy atom. The largest absolute Gasteiger partial charge is 0.498 e. The first-order valence-electron chi connectivity index (χ1n) is 12.7. The zero-order valence-corrected chi connectivity index (χ0v) is 23.4. The van der Waals surface area contributed by atoms with Gasteiger partial charge in [0.25, 0.3) is 0 Å². The molecule has 0 radical (unpaired) electrons.